The molecule has 2 atom stereocenters. The quantitative estimate of drug-likeness (QED) is 0.784. The lowest BCUT2D eigenvalue weighted by Gasteiger charge is -2.21. The van der Waals surface area contributed by atoms with E-state index in [1.54, 1.807) is 24.3 Å². The van der Waals surface area contributed by atoms with E-state index >= 15 is 0 Å². The number of urea groups is 1. The van der Waals surface area contributed by atoms with Gasteiger partial charge in [-0.2, -0.15) is 0 Å². The highest BCUT2D eigenvalue weighted by molar-refractivity contribution is 7.91. The number of hydrogen-bond donors (Lipinski definition) is 1. The third-order valence-corrected chi connectivity index (χ3v) is 5.22. The minimum atomic E-state index is -3.07. The third kappa shape index (κ3) is 1.85. The average molecular weight is 287 g/mol. The van der Waals surface area contributed by atoms with Gasteiger partial charge in [-0.1, -0.05) is 17.7 Å². The molecule has 0 unspecified atom stereocenters. The van der Waals surface area contributed by atoms with Crippen LogP contribution in [0.4, 0.5) is 10.5 Å². The Morgan fingerprint density at radius 1 is 1.33 bits per heavy atom. The Morgan fingerprint density at radius 2 is 2.11 bits per heavy atom. The molecular formula is C11H11ClN2O3S. The fourth-order valence-electron chi connectivity index (χ4n) is 2.53. The highest BCUT2D eigenvalue weighted by Gasteiger charge is 2.49. The summed E-state index contributed by atoms with van der Waals surface area (Å²) >= 11 is 5.89. The molecule has 1 N–H and O–H groups in total. The van der Waals surface area contributed by atoms with Gasteiger partial charge in [0.05, 0.1) is 23.6 Å². The number of nitrogens with one attached hydrogen (secondary N) is 1. The fourth-order valence-corrected chi connectivity index (χ4v) is 4.61. The highest BCUT2D eigenvalue weighted by atomic mass is 35.5. The van der Waals surface area contributed by atoms with Crippen molar-refractivity contribution in [3.8, 4) is 0 Å². The number of rotatable bonds is 1. The summed E-state index contributed by atoms with van der Waals surface area (Å²) in [4.78, 5) is 13.4. The molecule has 3 rings (SSSR count). The fraction of sp³-hybridized carbons (Fsp3) is 0.364. The molecule has 2 amide bonds. The van der Waals surface area contributed by atoms with Gasteiger partial charge in [-0.15, -0.1) is 0 Å². The third-order valence-electron chi connectivity index (χ3n) is 3.27. The minimum absolute atomic E-state index is 0.00290. The monoisotopic (exact) mass is 286 g/mol. The van der Waals surface area contributed by atoms with E-state index in [1.165, 1.54) is 4.90 Å². The first-order valence-corrected chi connectivity index (χ1v) is 7.72. The predicted molar refractivity (Wildman–Crippen MR) is 68.7 cm³/mol. The first-order chi connectivity index (χ1) is 8.46. The molecule has 0 saturated carbocycles. The molecule has 1 aromatic rings. The zero-order valence-electron chi connectivity index (χ0n) is 9.34. The topological polar surface area (TPSA) is 66.5 Å². The van der Waals surface area contributed by atoms with E-state index in [2.05, 4.69) is 5.32 Å². The first-order valence-electron chi connectivity index (χ1n) is 5.52. The molecule has 5 nitrogen and oxygen atoms in total. The average Bonchev–Trinajstić information content (AvgIpc) is 2.68. The van der Waals surface area contributed by atoms with E-state index in [-0.39, 0.29) is 29.6 Å². The van der Waals surface area contributed by atoms with Crippen LogP contribution >= 0.6 is 11.6 Å². The lowest BCUT2D eigenvalue weighted by molar-refractivity contribution is 0.251. The molecule has 0 bridgehead atoms. The second-order valence-corrected chi connectivity index (χ2v) is 7.14. The van der Waals surface area contributed by atoms with E-state index in [0.29, 0.717) is 10.7 Å². The van der Waals surface area contributed by atoms with Crippen LogP contribution in [0.2, 0.25) is 5.02 Å². The molecule has 18 heavy (non-hydrogen) atoms. The Balaban J connectivity index is 1.99. The van der Waals surface area contributed by atoms with Crippen molar-refractivity contribution in [3.05, 3.63) is 29.3 Å². The van der Waals surface area contributed by atoms with Crippen molar-refractivity contribution in [1.82, 2.24) is 5.32 Å². The molecule has 7 heteroatoms. The first kappa shape index (κ1) is 11.8. The molecule has 2 aliphatic heterocycles. The summed E-state index contributed by atoms with van der Waals surface area (Å²) in [6.07, 6.45) is 0. The molecule has 2 heterocycles. The highest BCUT2D eigenvalue weighted by Crippen LogP contribution is 2.30. The number of benzene rings is 1. The van der Waals surface area contributed by atoms with Crippen LogP contribution < -0.4 is 10.2 Å². The molecule has 0 spiro atoms. The molecule has 2 aliphatic rings. The lowest BCUT2D eigenvalue weighted by atomic mass is 10.1. The van der Waals surface area contributed by atoms with E-state index < -0.39 is 9.84 Å². The molecular weight excluding hydrogens is 276 g/mol. The number of hydrogen-bond acceptors (Lipinski definition) is 3. The van der Waals surface area contributed by atoms with Crippen LogP contribution in [0.3, 0.4) is 0 Å². The van der Waals surface area contributed by atoms with Crippen LogP contribution in [0.1, 0.15) is 0 Å². The van der Waals surface area contributed by atoms with Crippen molar-refractivity contribution in [3.63, 3.8) is 0 Å². The van der Waals surface area contributed by atoms with E-state index in [9.17, 15) is 13.2 Å². The van der Waals surface area contributed by atoms with Crippen molar-refractivity contribution in [2.45, 2.75) is 12.1 Å². The second kappa shape index (κ2) is 3.86. The van der Waals surface area contributed by atoms with Crippen molar-refractivity contribution < 1.29 is 13.2 Å². The second-order valence-electron chi connectivity index (χ2n) is 4.55. The number of fused-ring (bicyclic) bond motifs is 1. The summed E-state index contributed by atoms with van der Waals surface area (Å²) < 4.78 is 23.2. The van der Waals surface area contributed by atoms with E-state index in [4.69, 9.17) is 11.6 Å². The summed E-state index contributed by atoms with van der Waals surface area (Å²) in [6.45, 7) is 0. The number of carbonyl (C=O) groups is 1. The standard InChI is InChI=1S/C11H11ClN2O3S/c12-7-2-1-3-8(4-7)14-10-6-18(16,17)5-9(10)13-11(14)15/h1-4,9-10H,5-6H2,(H,13,15)/t9-,10+/m0/s1. The Hall–Kier alpha value is -1.27. The summed E-state index contributed by atoms with van der Waals surface area (Å²) in [7, 11) is -3.07. The van der Waals surface area contributed by atoms with Crippen LogP contribution in [0.25, 0.3) is 0 Å². The minimum Gasteiger partial charge on any atom is -0.332 e. The molecule has 0 aliphatic carbocycles. The van der Waals surface area contributed by atoms with Gasteiger partial charge in [0.25, 0.3) is 0 Å². The molecule has 0 radical (unpaired) electrons. The van der Waals surface area contributed by atoms with Crippen LogP contribution in [-0.2, 0) is 9.84 Å². The van der Waals surface area contributed by atoms with E-state index in [0.717, 1.165) is 0 Å². The Morgan fingerprint density at radius 3 is 2.83 bits per heavy atom. The maximum atomic E-state index is 11.9. The number of carbonyl (C=O) groups excluding carboxylic acids is 1. The van der Waals surface area contributed by atoms with Gasteiger partial charge in [0.15, 0.2) is 9.84 Å². The number of halogens is 1. The van der Waals surface area contributed by atoms with Crippen molar-refractivity contribution in [1.29, 1.82) is 0 Å². The lowest BCUT2D eigenvalue weighted by Crippen LogP contribution is -2.36. The van der Waals surface area contributed by atoms with Gasteiger partial charge in [0, 0.05) is 10.7 Å². The number of anilines is 1. The zero-order chi connectivity index (χ0) is 12.9. The van der Waals surface area contributed by atoms with Gasteiger partial charge in [-0.25, -0.2) is 13.2 Å². The van der Waals surface area contributed by atoms with Crippen LogP contribution in [0, 0.1) is 0 Å². The van der Waals surface area contributed by atoms with Gasteiger partial charge >= 0.3 is 6.03 Å². The van der Waals surface area contributed by atoms with Crippen LogP contribution in [-0.4, -0.2) is 38.0 Å². The smallest absolute Gasteiger partial charge is 0.322 e. The molecule has 1 aromatic carbocycles. The summed E-state index contributed by atoms with van der Waals surface area (Å²) in [5.74, 6) is 0.0173. The van der Waals surface area contributed by atoms with Crippen LogP contribution in [0.5, 0.6) is 0 Å². The van der Waals surface area contributed by atoms with Crippen molar-refractivity contribution in [2.75, 3.05) is 16.4 Å². The molecule has 96 valence electrons. The SMILES string of the molecule is O=C1N[C@H]2CS(=O)(=O)C[C@H]2N1c1cccc(Cl)c1. The van der Waals surface area contributed by atoms with E-state index in [1.807, 2.05) is 0 Å². The molecule has 0 aromatic heterocycles. The van der Waals surface area contributed by atoms with Crippen LogP contribution in [0.15, 0.2) is 24.3 Å². The van der Waals surface area contributed by atoms with Gasteiger partial charge in [-0.3, -0.25) is 4.90 Å². The summed E-state index contributed by atoms with van der Waals surface area (Å²) in [6, 6.07) is 5.95. The zero-order valence-corrected chi connectivity index (χ0v) is 10.9. The maximum Gasteiger partial charge on any atom is 0.322 e. The van der Waals surface area contributed by atoms with Gasteiger partial charge < -0.3 is 5.32 Å². The van der Waals surface area contributed by atoms with Crippen molar-refractivity contribution in [2.24, 2.45) is 0 Å². The van der Waals surface area contributed by atoms with Gasteiger partial charge in [0.1, 0.15) is 0 Å². The number of nitrogens with zero attached hydrogens (tertiary/aromatic N) is 1. The maximum absolute atomic E-state index is 11.9. The Labute approximate surface area is 110 Å². The largest absolute Gasteiger partial charge is 0.332 e. The normalized spacial score (nSPS) is 29.2. The summed E-state index contributed by atoms with van der Waals surface area (Å²) in [5, 5.41) is 3.22. The summed E-state index contributed by atoms with van der Waals surface area (Å²) in [5.41, 5.74) is 0.629. The van der Waals surface area contributed by atoms with Gasteiger partial charge in [0.2, 0.25) is 0 Å². The molecule has 2 fully saturated rings. The molecule has 2 saturated heterocycles. The van der Waals surface area contributed by atoms with Crippen molar-refractivity contribution >= 4 is 33.2 Å². The number of sulfone groups is 1. The Bertz CT molecular complexity index is 616. The number of amides is 2. The Kier molecular flexibility index (Phi) is 2.53. The predicted octanol–water partition coefficient (Wildman–Crippen LogP) is 1.04. The van der Waals surface area contributed by atoms with Gasteiger partial charge in [-0.05, 0) is 18.2 Å².